The topological polar surface area (TPSA) is 0 Å². The molecule has 1 aliphatic carbocycles. The molecule has 18 heavy (non-hydrogen) atoms. The van der Waals surface area contributed by atoms with Gasteiger partial charge in [0.2, 0.25) is 0 Å². The lowest BCUT2D eigenvalue weighted by Crippen LogP contribution is -1.98. The van der Waals surface area contributed by atoms with Gasteiger partial charge < -0.3 is 0 Å². The van der Waals surface area contributed by atoms with Crippen molar-refractivity contribution in [3.05, 3.63) is 47.2 Å². The maximum atomic E-state index is 2.27. The highest BCUT2D eigenvalue weighted by atomic mass is 32.1. The molecule has 2 aromatic heterocycles. The summed E-state index contributed by atoms with van der Waals surface area (Å²) in [6.07, 6.45) is 0. The predicted octanol–water partition coefficient (Wildman–Crippen LogP) is 5.76. The van der Waals surface area contributed by atoms with Crippen molar-refractivity contribution in [3.8, 4) is 22.3 Å². The van der Waals surface area contributed by atoms with Gasteiger partial charge in [-0.3, -0.25) is 0 Å². The zero-order valence-corrected chi connectivity index (χ0v) is 11.1. The Hall–Kier alpha value is -1.64. The third kappa shape index (κ3) is 0.900. The maximum absolute atomic E-state index is 2.27. The monoisotopic (exact) mass is 264 g/mol. The average molecular weight is 264 g/mol. The fraction of sp³-hybridized carbons (Fsp3) is 0. The lowest BCUT2D eigenvalue weighted by Gasteiger charge is -2.25. The van der Waals surface area contributed by atoms with Crippen LogP contribution in [0.25, 0.3) is 42.4 Å². The second-order valence-corrected chi connectivity index (χ2v) is 6.45. The van der Waals surface area contributed by atoms with Crippen LogP contribution in [-0.4, -0.2) is 0 Å². The van der Waals surface area contributed by atoms with Gasteiger partial charge in [0.15, 0.2) is 0 Å². The molecule has 0 amide bonds. The highest BCUT2D eigenvalue weighted by molar-refractivity contribution is 7.21. The predicted molar refractivity (Wildman–Crippen MR) is 81.6 cm³/mol. The van der Waals surface area contributed by atoms with Crippen LogP contribution in [0.2, 0.25) is 0 Å². The van der Waals surface area contributed by atoms with E-state index in [1.807, 2.05) is 22.7 Å². The van der Waals surface area contributed by atoms with Gasteiger partial charge in [0.1, 0.15) is 0 Å². The maximum Gasteiger partial charge on any atom is 0.0442 e. The molecule has 0 N–H and O–H groups in total. The highest BCUT2D eigenvalue weighted by Gasteiger charge is 2.28. The highest BCUT2D eigenvalue weighted by Crippen LogP contribution is 2.56. The van der Waals surface area contributed by atoms with E-state index in [0.717, 1.165) is 0 Å². The van der Waals surface area contributed by atoms with E-state index in [1.165, 1.54) is 42.4 Å². The summed E-state index contributed by atoms with van der Waals surface area (Å²) in [6, 6.07) is 13.3. The quantitative estimate of drug-likeness (QED) is 0.333. The molecule has 0 atom stereocenters. The zero-order valence-electron chi connectivity index (χ0n) is 9.44. The lowest BCUT2D eigenvalue weighted by atomic mass is 9.78. The van der Waals surface area contributed by atoms with Crippen LogP contribution in [0.4, 0.5) is 0 Å². The largest absolute Gasteiger partial charge is 0.143 e. The van der Waals surface area contributed by atoms with E-state index in [4.69, 9.17) is 0 Å². The van der Waals surface area contributed by atoms with Crippen molar-refractivity contribution in [1.29, 1.82) is 0 Å². The van der Waals surface area contributed by atoms with Gasteiger partial charge in [-0.25, -0.2) is 0 Å². The number of fused-ring (bicyclic) bond motifs is 9. The smallest absolute Gasteiger partial charge is 0.0442 e. The van der Waals surface area contributed by atoms with Crippen molar-refractivity contribution in [2.24, 2.45) is 0 Å². The molecule has 4 aromatic rings. The first-order valence-electron chi connectivity index (χ1n) is 5.95. The van der Waals surface area contributed by atoms with E-state index in [1.54, 1.807) is 0 Å². The molecule has 1 aliphatic rings. The van der Waals surface area contributed by atoms with Crippen LogP contribution in [-0.2, 0) is 0 Å². The molecule has 0 aliphatic heterocycles. The molecule has 5 rings (SSSR count). The van der Waals surface area contributed by atoms with Crippen molar-refractivity contribution in [3.63, 3.8) is 0 Å². The molecule has 2 heterocycles. The van der Waals surface area contributed by atoms with Gasteiger partial charge in [-0.05, 0) is 34.0 Å². The summed E-state index contributed by atoms with van der Waals surface area (Å²) in [5, 5.41) is 7.28. The van der Waals surface area contributed by atoms with Crippen LogP contribution in [0.15, 0.2) is 47.2 Å². The Morgan fingerprint density at radius 2 is 1.28 bits per heavy atom. The third-order valence-electron chi connectivity index (χ3n) is 3.79. The zero-order chi connectivity index (χ0) is 11.7. The number of hydrogen-bond donors (Lipinski definition) is 0. The summed E-state index contributed by atoms with van der Waals surface area (Å²) >= 11 is 3.73. The van der Waals surface area contributed by atoms with E-state index >= 15 is 0 Å². The first kappa shape index (κ1) is 9.31. The Morgan fingerprint density at radius 3 is 2.11 bits per heavy atom. The van der Waals surface area contributed by atoms with Crippen molar-refractivity contribution in [2.45, 2.75) is 0 Å². The van der Waals surface area contributed by atoms with Gasteiger partial charge >= 0.3 is 0 Å². The Bertz CT molecular complexity index is 848. The molecular weight excluding hydrogens is 256 g/mol. The molecule has 84 valence electrons. The Kier molecular flexibility index (Phi) is 1.56. The minimum atomic E-state index is 1.42. The van der Waals surface area contributed by atoms with E-state index < -0.39 is 0 Å². The van der Waals surface area contributed by atoms with Crippen LogP contribution in [0.3, 0.4) is 0 Å². The lowest BCUT2D eigenvalue weighted by molar-refractivity contribution is 1.60. The van der Waals surface area contributed by atoms with Crippen LogP contribution >= 0.6 is 22.7 Å². The molecule has 0 spiro atoms. The SMILES string of the molecule is c1ccc2c(c1)-c1c-2c2sccc2c2sccc12. The molecule has 0 unspecified atom stereocenters. The van der Waals surface area contributed by atoms with E-state index in [2.05, 4.69) is 47.2 Å². The molecular formula is C16H8S2. The minimum Gasteiger partial charge on any atom is -0.143 e. The van der Waals surface area contributed by atoms with Crippen molar-refractivity contribution >= 4 is 42.8 Å². The number of thiophene rings is 2. The Morgan fingerprint density at radius 1 is 0.611 bits per heavy atom. The van der Waals surface area contributed by atoms with Gasteiger partial charge in [0, 0.05) is 31.3 Å². The summed E-state index contributed by atoms with van der Waals surface area (Å²) < 4.78 is 2.90. The summed E-state index contributed by atoms with van der Waals surface area (Å²) in [6.45, 7) is 0. The van der Waals surface area contributed by atoms with E-state index in [0.29, 0.717) is 0 Å². The summed E-state index contributed by atoms with van der Waals surface area (Å²) in [5.74, 6) is 0. The van der Waals surface area contributed by atoms with Gasteiger partial charge in [-0.15, -0.1) is 22.7 Å². The van der Waals surface area contributed by atoms with Crippen molar-refractivity contribution in [2.75, 3.05) is 0 Å². The number of rotatable bonds is 0. The molecule has 2 aromatic carbocycles. The number of hydrogen-bond acceptors (Lipinski definition) is 2. The molecule has 0 radical (unpaired) electrons. The molecule has 0 bridgehead atoms. The van der Waals surface area contributed by atoms with E-state index in [-0.39, 0.29) is 0 Å². The number of benzene rings is 2. The molecule has 0 saturated carbocycles. The van der Waals surface area contributed by atoms with Gasteiger partial charge in [0.05, 0.1) is 0 Å². The van der Waals surface area contributed by atoms with Crippen LogP contribution < -0.4 is 0 Å². The minimum absolute atomic E-state index is 1.42. The fourth-order valence-electron chi connectivity index (χ4n) is 3.04. The summed E-state index contributed by atoms with van der Waals surface area (Å²) in [4.78, 5) is 0. The Balaban J connectivity index is 2.11. The molecule has 0 saturated heterocycles. The van der Waals surface area contributed by atoms with Crippen molar-refractivity contribution < 1.29 is 0 Å². The van der Waals surface area contributed by atoms with Crippen LogP contribution in [0.5, 0.6) is 0 Å². The summed E-state index contributed by atoms with van der Waals surface area (Å²) in [7, 11) is 0. The van der Waals surface area contributed by atoms with E-state index in [9.17, 15) is 0 Å². The third-order valence-corrected chi connectivity index (χ3v) is 5.67. The summed E-state index contributed by atoms with van der Waals surface area (Å²) in [5.41, 5.74) is 5.79. The average Bonchev–Trinajstić information content (AvgIpc) is 3.00. The standard InChI is InChI=1S/C16H8S2/c1-2-4-10-9(3-1)13-11-5-7-17-15(11)12-6-8-18-16(12)14(10)13/h1-8H. The second kappa shape index (κ2) is 3.02. The molecule has 2 heteroatoms. The fourth-order valence-corrected chi connectivity index (χ4v) is 5.00. The van der Waals surface area contributed by atoms with Crippen molar-refractivity contribution in [1.82, 2.24) is 0 Å². The second-order valence-electron chi connectivity index (χ2n) is 4.62. The normalized spacial score (nSPS) is 12.4. The van der Waals surface area contributed by atoms with Gasteiger partial charge in [0.25, 0.3) is 0 Å². The molecule has 0 fully saturated rings. The van der Waals surface area contributed by atoms with Gasteiger partial charge in [-0.1, -0.05) is 24.3 Å². The Labute approximate surface area is 112 Å². The first-order valence-corrected chi connectivity index (χ1v) is 7.71. The first-order chi connectivity index (χ1) is 8.95. The van der Waals surface area contributed by atoms with Gasteiger partial charge in [-0.2, -0.15) is 0 Å². The van der Waals surface area contributed by atoms with Crippen LogP contribution in [0, 0.1) is 0 Å². The van der Waals surface area contributed by atoms with Crippen LogP contribution in [0.1, 0.15) is 0 Å². The molecule has 0 nitrogen and oxygen atoms in total.